The number of carbonyl (C=O) groups excluding carboxylic acids is 1. The van der Waals surface area contributed by atoms with Crippen molar-refractivity contribution in [3.8, 4) is 28.4 Å². The molecular formula is C17H21NO4. The molecule has 0 saturated heterocycles. The van der Waals surface area contributed by atoms with Gasteiger partial charge in [0.2, 0.25) is 11.7 Å². The number of hydrogen-bond donors (Lipinski definition) is 1. The van der Waals surface area contributed by atoms with Gasteiger partial charge in [-0.3, -0.25) is 4.79 Å². The van der Waals surface area contributed by atoms with Crippen LogP contribution in [0.5, 0.6) is 17.2 Å². The van der Waals surface area contributed by atoms with E-state index in [4.69, 9.17) is 14.2 Å². The Bertz CT molecular complexity index is 608. The van der Waals surface area contributed by atoms with Crippen LogP contribution in [0.25, 0.3) is 11.1 Å². The summed E-state index contributed by atoms with van der Waals surface area (Å²) >= 11 is 0. The highest BCUT2D eigenvalue weighted by Crippen LogP contribution is 2.43. The van der Waals surface area contributed by atoms with Gasteiger partial charge in [-0.2, -0.15) is 0 Å². The Morgan fingerprint density at radius 3 is 1.86 bits per heavy atom. The molecule has 0 spiro atoms. The van der Waals surface area contributed by atoms with Crippen molar-refractivity contribution in [2.24, 2.45) is 5.73 Å². The predicted molar refractivity (Wildman–Crippen MR) is 86.4 cm³/mol. The van der Waals surface area contributed by atoms with Crippen LogP contribution in [-0.4, -0.2) is 27.2 Å². The molecule has 0 aromatic heterocycles. The zero-order valence-corrected chi connectivity index (χ0v) is 13.3. The van der Waals surface area contributed by atoms with Gasteiger partial charge in [0.05, 0.1) is 21.3 Å². The Hall–Kier alpha value is -2.69. The zero-order chi connectivity index (χ0) is 16.5. The maximum absolute atomic E-state index is 9.22. The second-order valence-corrected chi connectivity index (χ2v) is 4.36. The minimum atomic E-state index is -0.333. The highest BCUT2D eigenvalue weighted by Gasteiger charge is 2.16. The highest BCUT2D eigenvalue weighted by molar-refractivity contribution is 5.76. The standard InChI is InChI=1S/C15H16O3.C2H5NO/c1-16-13-10-9-12(11-7-5-4-6-8-11)14(17-2)15(13)18-3;1-2(3)4/h4-10H,1-3H3;1H3,(H2,3,4). The van der Waals surface area contributed by atoms with Gasteiger partial charge in [-0.25, -0.2) is 0 Å². The number of rotatable bonds is 4. The first-order chi connectivity index (χ1) is 10.5. The average molecular weight is 303 g/mol. The molecule has 2 N–H and O–H groups in total. The molecule has 2 aromatic carbocycles. The quantitative estimate of drug-likeness (QED) is 0.942. The van der Waals surface area contributed by atoms with Crippen molar-refractivity contribution in [3.05, 3.63) is 42.5 Å². The molecule has 0 atom stereocenters. The second-order valence-electron chi connectivity index (χ2n) is 4.36. The molecule has 0 unspecified atom stereocenters. The van der Waals surface area contributed by atoms with Gasteiger partial charge in [0.25, 0.3) is 0 Å². The monoisotopic (exact) mass is 303 g/mol. The molecule has 118 valence electrons. The van der Waals surface area contributed by atoms with E-state index in [2.05, 4.69) is 5.73 Å². The molecule has 1 amide bonds. The molecule has 5 heteroatoms. The predicted octanol–water partition coefficient (Wildman–Crippen LogP) is 2.87. The summed E-state index contributed by atoms with van der Waals surface area (Å²) in [7, 11) is 4.85. The number of amides is 1. The summed E-state index contributed by atoms with van der Waals surface area (Å²) in [6.45, 7) is 1.31. The lowest BCUT2D eigenvalue weighted by Gasteiger charge is -2.15. The summed E-state index contributed by atoms with van der Waals surface area (Å²) in [6, 6.07) is 13.9. The van der Waals surface area contributed by atoms with Gasteiger partial charge >= 0.3 is 0 Å². The second kappa shape index (κ2) is 8.56. The van der Waals surface area contributed by atoms with Gasteiger partial charge in [0, 0.05) is 12.5 Å². The van der Waals surface area contributed by atoms with Crippen LogP contribution in [0.2, 0.25) is 0 Å². The first kappa shape index (κ1) is 17.4. The topological polar surface area (TPSA) is 70.8 Å². The Morgan fingerprint density at radius 1 is 0.864 bits per heavy atom. The molecular weight excluding hydrogens is 282 g/mol. The third kappa shape index (κ3) is 4.41. The first-order valence-electron chi connectivity index (χ1n) is 6.65. The fraction of sp³-hybridized carbons (Fsp3) is 0.235. The molecule has 0 aliphatic rings. The maximum Gasteiger partial charge on any atom is 0.214 e. The van der Waals surface area contributed by atoms with Crippen molar-refractivity contribution in [3.63, 3.8) is 0 Å². The molecule has 2 rings (SSSR count). The molecule has 0 saturated carbocycles. The summed E-state index contributed by atoms with van der Waals surface area (Å²) in [5.74, 6) is 1.62. The van der Waals surface area contributed by atoms with Crippen molar-refractivity contribution in [1.82, 2.24) is 0 Å². The highest BCUT2D eigenvalue weighted by atomic mass is 16.5. The molecule has 0 heterocycles. The van der Waals surface area contributed by atoms with Gasteiger partial charge in [-0.05, 0) is 17.7 Å². The van der Waals surface area contributed by atoms with Crippen LogP contribution in [0.4, 0.5) is 0 Å². The minimum absolute atomic E-state index is 0.333. The van der Waals surface area contributed by atoms with E-state index in [1.54, 1.807) is 21.3 Å². The Morgan fingerprint density at radius 2 is 1.41 bits per heavy atom. The lowest BCUT2D eigenvalue weighted by atomic mass is 10.0. The van der Waals surface area contributed by atoms with E-state index in [9.17, 15) is 4.79 Å². The van der Waals surface area contributed by atoms with E-state index in [1.807, 2.05) is 42.5 Å². The number of hydrogen-bond acceptors (Lipinski definition) is 4. The van der Waals surface area contributed by atoms with Crippen molar-refractivity contribution >= 4 is 5.91 Å². The van der Waals surface area contributed by atoms with Gasteiger partial charge in [0.1, 0.15) is 0 Å². The van der Waals surface area contributed by atoms with Crippen LogP contribution in [0.1, 0.15) is 6.92 Å². The summed E-state index contributed by atoms with van der Waals surface area (Å²) < 4.78 is 16.1. The summed E-state index contributed by atoms with van der Waals surface area (Å²) in [5.41, 5.74) is 6.53. The van der Waals surface area contributed by atoms with E-state index in [0.717, 1.165) is 11.1 Å². The largest absolute Gasteiger partial charge is 0.493 e. The van der Waals surface area contributed by atoms with Gasteiger partial charge < -0.3 is 19.9 Å². The molecule has 0 aliphatic heterocycles. The number of methoxy groups -OCH3 is 3. The van der Waals surface area contributed by atoms with Crippen molar-refractivity contribution in [1.29, 1.82) is 0 Å². The van der Waals surface area contributed by atoms with E-state index in [-0.39, 0.29) is 5.91 Å². The van der Waals surface area contributed by atoms with Gasteiger partial charge in [0.15, 0.2) is 11.5 Å². The zero-order valence-electron chi connectivity index (χ0n) is 13.3. The molecule has 0 bridgehead atoms. The van der Waals surface area contributed by atoms with E-state index < -0.39 is 0 Å². The Labute approximate surface area is 130 Å². The number of ether oxygens (including phenoxy) is 3. The lowest BCUT2D eigenvalue weighted by Crippen LogP contribution is -2.01. The molecule has 0 fully saturated rings. The first-order valence-corrected chi connectivity index (χ1v) is 6.65. The summed E-state index contributed by atoms with van der Waals surface area (Å²) in [5, 5.41) is 0. The van der Waals surface area contributed by atoms with Crippen molar-refractivity contribution in [2.75, 3.05) is 21.3 Å². The van der Waals surface area contributed by atoms with Gasteiger partial charge in [-0.1, -0.05) is 30.3 Å². The summed E-state index contributed by atoms with van der Waals surface area (Å²) in [6.07, 6.45) is 0. The van der Waals surface area contributed by atoms with E-state index in [1.165, 1.54) is 6.92 Å². The number of carbonyl (C=O) groups is 1. The molecule has 5 nitrogen and oxygen atoms in total. The van der Waals surface area contributed by atoms with Crippen LogP contribution in [0.15, 0.2) is 42.5 Å². The van der Waals surface area contributed by atoms with Crippen molar-refractivity contribution < 1.29 is 19.0 Å². The molecule has 22 heavy (non-hydrogen) atoms. The fourth-order valence-corrected chi connectivity index (χ4v) is 1.95. The van der Waals surface area contributed by atoms with Crippen molar-refractivity contribution in [2.45, 2.75) is 6.92 Å². The normalized spacial score (nSPS) is 9.27. The van der Waals surface area contributed by atoms with Crippen LogP contribution in [0, 0.1) is 0 Å². The average Bonchev–Trinajstić information content (AvgIpc) is 2.53. The van der Waals surface area contributed by atoms with Crippen LogP contribution in [0.3, 0.4) is 0 Å². The summed E-state index contributed by atoms with van der Waals surface area (Å²) in [4.78, 5) is 9.22. The number of nitrogens with two attached hydrogens (primary N) is 1. The van der Waals surface area contributed by atoms with Crippen LogP contribution >= 0.6 is 0 Å². The van der Waals surface area contributed by atoms with E-state index >= 15 is 0 Å². The smallest absolute Gasteiger partial charge is 0.214 e. The SMILES string of the molecule is CC(N)=O.COc1ccc(-c2ccccc2)c(OC)c1OC. The molecule has 0 radical (unpaired) electrons. The van der Waals surface area contributed by atoms with Gasteiger partial charge in [-0.15, -0.1) is 0 Å². The van der Waals surface area contributed by atoms with Crippen LogP contribution < -0.4 is 19.9 Å². The number of primary amides is 1. The molecule has 0 aliphatic carbocycles. The molecule has 2 aromatic rings. The minimum Gasteiger partial charge on any atom is -0.493 e. The van der Waals surface area contributed by atoms with E-state index in [0.29, 0.717) is 17.2 Å². The Kier molecular flexibility index (Phi) is 6.76. The third-order valence-electron chi connectivity index (χ3n) is 2.79. The lowest BCUT2D eigenvalue weighted by molar-refractivity contribution is -0.115. The van der Waals surface area contributed by atoms with Crippen LogP contribution in [-0.2, 0) is 4.79 Å². The fourth-order valence-electron chi connectivity index (χ4n) is 1.95. The Balaban J connectivity index is 0.000000541. The maximum atomic E-state index is 9.22. The third-order valence-corrected chi connectivity index (χ3v) is 2.79. The number of benzene rings is 2.